The minimum atomic E-state index is -3.78. The van der Waals surface area contributed by atoms with E-state index in [-0.39, 0.29) is 4.90 Å². The fourth-order valence-corrected chi connectivity index (χ4v) is 3.50. The van der Waals surface area contributed by atoms with Crippen molar-refractivity contribution in [2.24, 2.45) is 0 Å². The Morgan fingerprint density at radius 2 is 1.58 bits per heavy atom. The molecule has 24 heavy (non-hydrogen) atoms. The predicted molar refractivity (Wildman–Crippen MR) is 95.7 cm³/mol. The highest BCUT2D eigenvalue weighted by Crippen LogP contribution is 2.38. The van der Waals surface area contributed by atoms with Crippen LogP contribution >= 0.6 is 0 Å². The van der Waals surface area contributed by atoms with Gasteiger partial charge >= 0.3 is 7.25 Å². The summed E-state index contributed by atoms with van der Waals surface area (Å²) in [4.78, 5) is 0.212. The van der Waals surface area contributed by atoms with Crippen LogP contribution in [0.15, 0.2) is 41.4 Å². The van der Waals surface area contributed by atoms with Gasteiger partial charge in [0, 0.05) is 6.20 Å². The van der Waals surface area contributed by atoms with Gasteiger partial charge in [0.2, 0.25) is 0 Å². The third kappa shape index (κ3) is 3.53. The molecule has 7 heteroatoms. The van der Waals surface area contributed by atoms with Crippen molar-refractivity contribution < 1.29 is 17.7 Å². The molecule has 0 aliphatic carbocycles. The summed E-state index contributed by atoms with van der Waals surface area (Å²) in [5, 5.41) is 0. The molecule has 1 aliphatic heterocycles. The standard InChI is InChI=1S/C17H26BNO4S/c1-7-8-13-19(18-22-16(3,4)17(5,6)23-18)24(20,21)15-11-9-14(2)10-12-15/h8-13H,7H2,1-6H3/b13-8+. The molecular formula is C17H26BNO4S. The third-order valence-electron chi connectivity index (χ3n) is 4.53. The lowest BCUT2D eigenvalue weighted by molar-refractivity contribution is 0.00578. The molecule has 0 spiro atoms. The molecule has 1 aromatic carbocycles. The molecule has 1 aromatic rings. The quantitative estimate of drug-likeness (QED) is 0.762. The highest BCUT2D eigenvalue weighted by molar-refractivity contribution is 7.90. The predicted octanol–water partition coefficient (Wildman–Crippen LogP) is 3.50. The van der Waals surface area contributed by atoms with Crippen molar-refractivity contribution in [1.29, 1.82) is 0 Å². The van der Waals surface area contributed by atoms with E-state index < -0.39 is 28.5 Å². The third-order valence-corrected chi connectivity index (χ3v) is 6.25. The molecule has 0 atom stereocenters. The van der Waals surface area contributed by atoms with E-state index in [2.05, 4.69) is 0 Å². The van der Waals surface area contributed by atoms with Gasteiger partial charge in [-0.2, -0.15) is 0 Å². The van der Waals surface area contributed by atoms with Crippen molar-refractivity contribution in [3.8, 4) is 0 Å². The molecule has 1 fully saturated rings. The van der Waals surface area contributed by atoms with Gasteiger partial charge in [0.15, 0.2) is 0 Å². The van der Waals surface area contributed by atoms with Gasteiger partial charge in [0.05, 0.1) is 16.1 Å². The molecule has 132 valence electrons. The molecule has 0 saturated carbocycles. The van der Waals surface area contributed by atoms with Crippen LogP contribution in [-0.2, 0) is 19.3 Å². The minimum absolute atomic E-state index is 0.212. The number of benzene rings is 1. The van der Waals surface area contributed by atoms with Crippen LogP contribution in [0.3, 0.4) is 0 Å². The summed E-state index contributed by atoms with van der Waals surface area (Å²) in [6, 6.07) is 6.75. The lowest BCUT2D eigenvalue weighted by Crippen LogP contribution is -2.42. The summed E-state index contributed by atoms with van der Waals surface area (Å²) in [5.74, 6) is 0. The van der Waals surface area contributed by atoms with Crippen LogP contribution in [0.2, 0.25) is 0 Å². The number of allylic oxidation sites excluding steroid dienone is 1. The minimum Gasteiger partial charge on any atom is -0.383 e. The molecule has 1 saturated heterocycles. The molecule has 0 amide bonds. The van der Waals surface area contributed by atoms with Crippen molar-refractivity contribution in [2.45, 2.75) is 64.1 Å². The Balaban J connectivity index is 2.43. The first-order valence-corrected chi connectivity index (χ1v) is 9.58. The molecule has 1 aliphatic rings. The first kappa shape index (κ1) is 19.0. The van der Waals surface area contributed by atoms with Gasteiger partial charge in [-0.15, -0.1) is 0 Å². The highest BCUT2D eigenvalue weighted by atomic mass is 32.2. The SMILES string of the molecule is CC/C=C/N(B1OC(C)(C)C(C)(C)O1)S(=O)(=O)c1ccc(C)cc1. The molecule has 0 aromatic heterocycles. The smallest absolute Gasteiger partial charge is 0.383 e. The van der Waals surface area contributed by atoms with Crippen LogP contribution in [0.4, 0.5) is 0 Å². The number of sulfonamides is 1. The molecule has 0 bridgehead atoms. The highest BCUT2D eigenvalue weighted by Gasteiger charge is 2.56. The average molecular weight is 351 g/mol. The first-order chi connectivity index (χ1) is 11.0. The zero-order chi connectivity index (χ0) is 18.2. The number of hydrogen-bond acceptors (Lipinski definition) is 4. The number of rotatable bonds is 5. The molecule has 1 heterocycles. The van der Waals surface area contributed by atoms with Crippen LogP contribution < -0.4 is 0 Å². The zero-order valence-corrected chi connectivity index (χ0v) is 16.1. The van der Waals surface area contributed by atoms with Crippen LogP contribution in [0, 0.1) is 6.92 Å². The van der Waals surface area contributed by atoms with Gasteiger partial charge in [-0.25, -0.2) is 8.42 Å². The Hall–Kier alpha value is -1.31. The lowest BCUT2D eigenvalue weighted by atomic mass is 9.90. The van der Waals surface area contributed by atoms with Gasteiger partial charge < -0.3 is 9.31 Å². The maximum absolute atomic E-state index is 13.1. The molecule has 0 N–H and O–H groups in total. The second kappa shape index (κ2) is 6.54. The van der Waals surface area contributed by atoms with E-state index in [0.717, 1.165) is 9.78 Å². The topological polar surface area (TPSA) is 55.8 Å². The monoisotopic (exact) mass is 351 g/mol. The zero-order valence-electron chi connectivity index (χ0n) is 15.2. The van der Waals surface area contributed by atoms with Crippen molar-refractivity contribution >= 4 is 17.3 Å². The van der Waals surface area contributed by atoms with Crippen molar-refractivity contribution in [3.05, 3.63) is 42.1 Å². The van der Waals surface area contributed by atoms with Crippen LogP contribution in [-0.4, -0.2) is 31.1 Å². The molecule has 0 radical (unpaired) electrons. The second-order valence-electron chi connectivity index (χ2n) is 7.00. The van der Waals surface area contributed by atoms with E-state index in [4.69, 9.17) is 9.31 Å². The van der Waals surface area contributed by atoms with Crippen molar-refractivity contribution in [2.75, 3.05) is 0 Å². The van der Waals surface area contributed by atoms with Crippen LogP contribution in [0.25, 0.3) is 0 Å². The fraction of sp³-hybridized carbons (Fsp3) is 0.529. The molecule has 5 nitrogen and oxygen atoms in total. The summed E-state index contributed by atoms with van der Waals surface area (Å²) in [6.45, 7) is 11.4. The Bertz CT molecular complexity index is 695. The maximum Gasteiger partial charge on any atom is 0.608 e. The van der Waals surface area contributed by atoms with E-state index >= 15 is 0 Å². The van der Waals surface area contributed by atoms with Gasteiger partial charge in [0.1, 0.15) is 0 Å². The lowest BCUT2D eigenvalue weighted by Gasteiger charge is -2.32. The fourth-order valence-electron chi connectivity index (χ4n) is 2.22. The van der Waals surface area contributed by atoms with Gasteiger partial charge in [-0.1, -0.05) is 30.7 Å². The van der Waals surface area contributed by atoms with Crippen LogP contribution in [0.5, 0.6) is 0 Å². The molecular weight excluding hydrogens is 325 g/mol. The van der Waals surface area contributed by atoms with E-state index in [9.17, 15) is 8.42 Å². The summed E-state index contributed by atoms with van der Waals surface area (Å²) < 4.78 is 39.2. The second-order valence-corrected chi connectivity index (χ2v) is 8.85. The largest absolute Gasteiger partial charge is 0.608 e. The summed E-state index contributed by atoms with van der Waals surface area (Å²) in [6.07, 6.45) is 4.01. The summed E-state index contributed by atoms with van der Waals surface area (Å²) in [5.41, 5.74) is -0.224. The summed E-state index contributed by atoms with van der Waals surface area (Å²) in [7, 11) is -4.77. The summed E-state index contributed by atoms with van der Waals surface area (Å²) >= 11 is 0. The molecule has 2 rings (SSSR count). The Labute approximate surface area is 145 Å². The average Bonchev–Trinajstić information content (AvgIpc) is 2.67. The van der Waals surface area contributed by atoms with E-state index in [1.807, 2.05) is 41.5 Å². The van der Waals surface area contributed by atoms with Gasteiger partial charge in [0.25, 0.3) is 10.0 Å². The van der Waals surface area contributed by atoms with Crippen molar-refractivity contribution in [3.63, 3.8) is 0 Å². The number of hydrogen-bond donors (Lipinski definition) is 0. The van der Waals surface area contributed by atoms with E-state index in [1.54, 1.807) is 30.3 Å². The Morgan fingerprint density at radius 3 is 2.04 bits per heavy atom. The Morgan fingerprint density at radius 1 is 1.08 bits per heavy atom. The van der Waals surface area contributed by atoms with Gasteiger partial charge in [-0.05, 0) is 53.2 Å². The Kier molecular flexibility index (Phi) is 5.18. The van der Waals surface area contributed by atoms with E-state index in [1.165, 1.54) is 6.20 Å². The normalized spacial score (nSPS) is 19.8. The molecule has 0 unspecified atom stereocenters. The van der Waals surface area contributed by atoms with Crippen molar-refractivity contribution in [1.82, 2.24) is 4.22 Å². The van der Waals surface area contributed by atoms with Crippen LogP contribution in [0.1, 0.15) is 46.6 Å². The number of nitrogens with zero attached hydrogens (tertiary/aromatic N) is 1. The van der Waals surface area contributed by atoms with E-state index in [0.29, 0.717) is 6.42 Å². The number of aryl methyl sites for hydroxylation is 1. The maximum atomic E-state index is 13.1. The first-order valence-electron chi connectivity index (χ1n) is 8.14. The van der Waals surface area contributed by atoms with Gasteiger partial charge in [-0.3, -0.25) is 4.22 Å².